The number of aryl methyl sites for hydroxylation is 3. The van der Waals surface area contributed by atoms with Crippen molar-refractivity contribution in [3.05, 3.63) is 83.6 Å². The topological polar surface area (TPSA) is 13.1 Å². The Bertz CT molecular complexity index is 666. The summed E-state index contributed by atoms with van der Waals surface area (Å²) in [5.74, 6) is 0.933. The summed E-state index contributed by atoms with van der Waals surface area (Å²) in [6.45, 7) is 2.17. The molecule has 1 aromatic heterocycles. The second-order valence-corrected chi connectivity index (χ2v) is 5.10. The van der Waals surface area contributed by atoms with Gasteiger partial charge in [-0.3, -0.25) is 0 Å². The molecule has 0 N–H and O–H groups in total. The van der Waals surface area contributed by atoms with Gasteiger partial charge in [0.05, 0.1) is 6.26 Å². The van der Waals surface area contributed by atoms with Crippen LogP contribution >= 0.6 is 0 Å². The highest BCUT2D eigenvalue weighted by Gasteiger charge is 2.04. The molecule has 0 bridgehead atoms. The lowest BCUT2D eigenvalue weighted by atomic mass is 9.98. The van der Waals surface area contributed by atoms with Gasteiger partial charge in [-0.2, -0.15) is 0 Å². The molecule has 0 aliphatic heterocycles. The van der Waals surface area contributed by atoms with E-state index in [1.54, 1.807) is 6.26 Å². The summed E-state index contributed by atoms with van der Waals surface area (Å²) in [4.78, 5) is 0. The van der Waals surface area contributed by atoms with Crippen molar-refractivity contribution in [3.63, 3.8) is 0 Å². The van der Waals surface area contributed by atoms with Gasteiger partial charge in [0.15, 0.2) is 0 Å². The lowest BCUT2D eigenvalue weighted by molar-refractivity contribution is 0.582. The third-order valence-electron chi connectivity index (χ3n) is 3.67. The van der Waals surface area contributed by atoms with Crippen LogP contribution in [0.3, 0.4) is 0 Å². The van der Waals surface area contributed by atoms with Crippen LogP contribution in [0.4, 0.5) is 0 Å². The summed E-state index contributed by atoms with van der Waals surface area (Å²) >= 11 is 0. The van der Waals surface area contributed by atoms with Crippen LogP contribution in [0.1, 0.15) is 16.7 Å². The zero-order chi connectivity index (χ0) is 13.8. The molecule has 1 heterocycles. The average molecular weight is 262 g/mol. The Hall–Kier alpha value is -2.28. The Morgan fingerprint density at radius 1 is 0.850 bits per heavy atom. The minimum absolute atomic E-state index is 0.933. The summed E-state index contributed by atoms with van der Waals surface area (Å²) in [7, 11) is 0. The van der Waals surface area contributed by atoms with Crippen LogP contribution in [0.2, 0.25) is 0 Å². The van der Waals surface area contributed by atoms with Gasteiger partial charge in [0.25, 0.3) is 0 Å². The molecule has 3 aromatic rings. The van der Waals surface area contributed by atoms with E-state index in [0.29, 0.717) is 0 Å². The predicted molar refractivity (Wildman–Crippen MR) is 82.7 cm³/mol. The van der Waals surface area contributed by atoms with E-state index in [0.717, 1.165) is 24.2 Å². The molecule has 0 fully saturated rings. The van der Waals surface area contributed by atoms with Gasteiger partial charge in [-0.25, -0.2) is 0 Å². The normalized spacial score (nSPS) is 10.7. The molecule has 20 heavy (non-hydrogen) atoms. The molecule has 0 aliphatic carbocycles. The standard InChI is InChI=1S/C19H18O/c1-15-14-18(19-8-5-13-20-19)12-11-17(15)10-9-16-6-3-2-4-7-16/h2-8,11-14H,9-10H2,1H3. The van der Waals surface area contributed by atoms with E-state index in [1.807, 2.05) is 12.1 Å². The van der Waals surface area contributed by atoms with E-state index in [9.17, 15) is 0 Å². The SMILES string of the molecule is Cc1cc(-c2ccco2)ccc1CCc1ccccc1. The maximum Gasteiger partial charge on any atom is 0.133 e. The molecule has 0 aliphatic rings. The molecule has 0 amide bonds. The molecule has 0 spiro atoms. The third-order valence-corrected chi connectivity index (χ3v) is 3.67. The van der Waals surface area contributed by atoms with Gasteiger partial charge in [-0.1, -0.05) is 42.5 Å². The Morgan fingerprint density at radius 3 is 2.40 bits per heavy atom. The van der Waals surface area contributed by atoms with E-state index in [1.165, 1.54) is 16.7 Å². The maximum atomic E-state index is 5.44. The largest absolute Gasteiger partial charge is 0.464 e. The summed E-state index contributed by atoms with van der Waals surface area (Å²) in [6.07, 6.45) is 3.88. The van der Waals surface area contributed by atoms with Gasteiger partial charge in [0.2, 0.25) is 0 Å². The number of rotatable bonds is 4. The Labute approximate surface area is 119 Å². The van der Waals surface area contributed by atoms with Crippen molar-refractivity contribution in [2.24, 2.45) is 0 Å². The molecule has 2 aromatic carbocycles. The van der Waals surface area contributed by atoms with E-state index in [2.05, 4.69) is 55.5 Å². The smallest absolute Gasteiger partial charge is 0.133 e. The van der Waals surface area contributed by atoms with Gasteiger partial charge < -0.3 is 4.42 Å². The van der Waals surface area contributed by atoms with Crippen molar-refractivity contribution in [2.75, 3.05) is 0 Å². The van der Waals surface area contributed by atoms with Crippen molar-refractivity contribution in [1.29, 1.82) is 0 Å². The number of benzene rings is 2. The minimum Gasteiger partial charge on any atom is -0.464 e. The molecule has 0 unspecified atom stereocenters. The maximum absolute atomic E-state index is 5.44. The number of hydrogen-bond donors (Lipinski definition) is 0. The van der Waals surface area contributed by atoms with Crippen molar-refractivity contribution in [3.8, 4) is 11.3 Å². The van der Waals surface area contributed by atoms with Gasteiger partial charge >= 0.3 is 0 Å². The molecule has 1 heteroatoms. The van der Waals surface area contributed by atoms with Crippen molar-refractivity contribution < 1.29 is 4.42 Å². The van der Waals surface area contributed by atoms with Crippen LogP contribution in [-0.2, 0) is 12.8 Å². The summed E-state index contributed by atoms with van der Waals surface area (Å²) in [5, 5.41) is 0. The zero-order valence-electron chi connectivity index (χ0n) is 11.7. The minimum atomic E-state index is 0.933. The predicted octanol–water partition coefficient (Wildman–Crippen LogP) is 5.04. The third kappa shape index (κ3) is 2.83. The van der Waals surface area contributed by atoms with Crippen LogP contribution in [0.25, 0.3) is 11.3 Å². The highest BCUT2D eigenvalue weighted by atomic mass is 16.3. The van der Waals surface area contributed by atoms with Crippen LogP contribution in [-0.4, -0.2) is 0 Å². The first-order valence-electron chi connectivity index (χ1n) is 7.00. The number of hydrogen-bond acceptors (Lipinski definition) is 1. The lowest BCUT2D eigenvalue weighted by Crippen LogP contribution is -1.94. The van der Waals surface area contributed by atoms with Gasteiger partial charge in [-0.15, -0.1) is 0 Å². The molecule has 0 saturated heterocycles. The van der Waals surface area contributed by atoms with E-state index >= 15 is 0 Å². The van der Waals surface area contributed by atoms with Crippen LogP contribution in [0.5, 0.6) is 0 Å². The van der Waals surface area contributed by atoms with Crippen molar-refractivity contribution in [1.82, 2.24) is 0 Å². The molecule has 0 saturated carbocycles. The Morgan fingerprint density at radius 2 is 1.70 bits per heavy atom. The fraction of sp³-hybridized carbons (Fsp3) is 0.158. The highest BCUT2D eigenvalue weighted by Crippen LogP contribution is 2.23. The van der Waals surface area contributed by atoms with E-state index in [-0.39, 0.29) is 0 Å². The fourth-order valence-corrected chi connectivity index (χ4v) is 2.50. The molecular weight excluding hydrogens is 244 g/mol. The molecule has 100 valence electrons. The number of furan rings is 1. The first-order chi connectivity index (χ1) is 9.83. The van der Waals surface area contributed by atoms with Crippen LogP contribution < -0.4 is 0 Å². The molecule has 0 radical (unpaired) electrons. The zero-order valence-corrected chi connectivity index (χ0v) is 11.7. The second kappa shape index (κ2) is 5.79. The summed E-state index contributed by atoms with van der Waals surface area (Å²) in [6, 6.07) is 21.1. The van der Waals surface area contributed by atoms with E-state index < -0.39 is 0 Å². The molecule has 3 rings (SSSR count). The second-order valence-electron chi connectivity index (χ2n) is 5.10. The Balaban J connectivity index is 1.75. The lowest BCUT2D eigenvalue weighted by Gasteiger charge is -2.08. The molecule has 0 atom stereocenters. The van der Waals surface area contributed by atoms with E-state index in [4.69, 9.17) is 4.42 Å². The highest BCUT2D eigenvalue weighted by molar-refractivity contribution is 5.59. The first kappa shape index (κ1) is 12.7. The van der Waals surface area contributed by atoms with Crippen molar-refractivity contribution >= 4 is 0 Å². The van der Waals surface area contributed by atoms with Gasteiger partial charge in [0, 0.05) is 5.56 Å². The summed E-state index contributed by atoms with van der Waals surface area (Å²) < 4.78 is 5.44. The first-order valence-corrected chi connectivity index (χ1v) is 7.00. The monoisotopic (exact) mass is 262 g/mol. The van der Waals surface area contributed by atoms with Crippen LogP contribution in [0.15, 0.2) is 71.3 Å². The van der Waals surface area contributed by atoms with Gasteiger partial charge in [-0.05, 0) is 54.7 Å². The molecule has 1 nitrogen and oxygen atoms in total. The average Bonchev–Trinajstić information content (AvgIpc) is 3.01. The Kier molecular flexibility index (Phi) is 3.69. The fourth-order valence-electron chi connectivity index (χ4n) is 2.50. The molecular formula is C19H18O. The van der Waals surface area contributed by atoms with Crippen LogP contribution in [0, 0.1) is 6.92 Å². The summed E-state index contributed by atoms with van der Waals surface area (Å²) in [5.41, 5.74) is 5.27. The van der Waals surface area contributed by atoms with Gasteiger partial charge in [0.1, 0.15) is 5.76 Å². The quantitative estimate of drug-likeness (QED) is 0.642. The van der Waals surface area contributed by atoms with Crippen molar-refractivity contribution in [2.45, 2.75) is 19.8 Å².